The van der Waals surface area contributed by atoms with Gasteiger partial charge in [0.1, 0.15) is 22.2 Å². The summed E-state index contributed by atoms with van der Waals surface area (Å²) in [5, 5.41) is 2.72. The maximum Gasteiger partial charge on any atom is 0.395 e. The second-order valence-electron chi connectivity index (χ2n) is 5.61. The molecule has 2 aromatic rings. The van der Waals surface area contributed by atoms with Crippen molar-refractivity contribution in [2.45, 2.75) is 32.0 Å². The van der Waals surface area contributed by atoms with Crippen LogP contribution in [-0.4, -0.2) is 29.7 Å². The molecular formula is C16H15F3N2O2S. The Morgan fingerprint density at radius 2 is 2.17 bits per heavy atom. The number of hydrogen-bond donors (Lipinski definition) is 1. The smallest absolute Gasteiger partial charge is 0.395 e. The molecule has 1 aliphatic rings. The van der Waals surface area contributed by atoms with Crippen molar-refractivity contribution in [2.24, 2.45) is 0 Å². The van der Waals surface area contributed by atoms with Crippen molar-refractivity contribution in [3.63, 3.8) is 0 Å². The Balaban J connectivity index is 1.68. The number of nitrogens with zero attached hydrogens (tertiary/aromatic N) is 1. The van der Waals surface area contributed by atoms with Crippen LogP contribution in [0.5, 0.6) is 5.75 Å². The largest absolute Gasteiger partial charge is 0.491 e. The molecule has 1 atom stereocenters. The number of ether oxygens (including phenoxy) is 1. The standard InChI is InChI=1S/C16H15F3N2O2S/c1-9-14(24-13(20-9)7-16(17,18)19)15(22)21-11-6-10-4-2-3-5-12(10)23-8-11/h2-5,11H,6-8H2,1H3,(H,21,22). The van der Waals surface area contributed by atoms with E-state index in [1.54, 1.807) is 0 Å². The fourth-order valence-electron chi connectivity index (χ4n) is 2.58. The lowest BCUT2D eigenvalue weighted by atomic mass is 10.0. The minimum absolute atomic E-state index is 0.101. The fraction of sp³-hybridized carbons (Fsp3) is 0.375. The molecule has 1 aromatic heterocycles. The molecule has 0 saturated carbocycles. The van der Waals surface area contributed by atoms with Crippen LogP contribution >= 0.6 is 11.3 Å². The van der Waals surface area contributed by atoms with E-state index in [0.29, 0.717) is 18.7 Å². The van der Waals surface area contributed by atoms with Gasteiger partial charge in [-0.05, 0) is 25.0 Å². The molecule has 0 bridgehead atoms. The monoisotopic (exact) mass is 356 g/mol. The first-order chi connectivity index (χ1) is 11.3. The van der Waals surface area contributed by atoms with Gasteiger partial charge < -0.3 is 10.1 Å². The van der Waals surface area contributed by atoms with Gasteiger partial charge in [-0.15, -0.1) is 11.3 Å². The van der Waals surface area contributed by atoms with Crippen molar-refractivity contribution in [2.75, 3.05) is 6.61 Å². The number of rotatable bonds is 3. The zero-order valence-electron chi connectivity index (χ0n) is 12.8. The van der Waals surface area contributed by atoms with Gasteiger partial charge >= 0.3 is 6.18 Å². The number of carbonyl (C=O) groups excluding carboxylic acids is 1. The molecule has 24 heavy (non-hydrogen) atoms. The number of benzene rings is 1. The van der Waals surface area contributed by atoms with Crippen molar-refractivity contribution >= 4 is 17.2 Å². The first kappa shape index (κ1) is 16.8. The van der Waals surface area contributed by atoms with E-state index in [4.69, 9.17) is 4.74 Å². The summed E-state index contributed by atoms with van der Waals surface area (Å²) in [5.74, 6) is 0.385. The van der Waals surface area contributed by atoms with Crippen molar-refractivity contribution in [3.05, 3.63) is 45.4 Å². The molecule has 0 saturated heterocycles. The van der Waals surface area contributed by atoms with Gasteiger partial charge in [-0.2, -0.15) is 13.2 Å². The van der Waals surface area contributed by atoms with Crippen LogP contribution in [0.2, 0.25) is 0 Å². The van der Waals surface area contributed by atoms with Crippen LogP contribution in [0.1, 0.15) is 25.9 Å². The highest BCUT2D eigenvalue weighted by Gasteiger charge is 2.31. The number of aryl methyl sites for hydroxylation is 1. The average molecular weight is 356 g/mol. The number of hydrogen-bond acceptors (Lipinski definition) is 4. The predicted molar refractivity (Wildman–Crippen MR) is 83.5 cm³/mol. The number of alkyl halides is 3. The molecule has 3 rings (SSSR count). The summed E-state index contributed by atoms with van der Waals surface area (Å²) < 4.78 is 42.9. The molecule has 128 valence electrons. The average Bonchev–Trinajstić information content (AvgIpc) is 2.85. The normalized spacial score (nSPS) is 17.1. The number of carbonyl (C=O) groups is 1. The lowest BCUT2D eigenvalue weighted by molar-refractivity contribution is -0.127. The van der Waals surface area contributed by atoms with Crippen LogP contribution in [0, 0.1) is 6.92 Å². The van der Waals surface area contributed by atoms with Gasteiger partial charge in [0.2, 0.25) is 0 Å². The summed E-state index contributed by atoms with van der Waals surface area (Å²) in [5.41, 5.74) is 1.31. The van der Waals surface area contributed by atoms with E-state index >= 15 is 0 Å². The third kappa shape index (κ3) is 3.87. The molecular weight excluding hydrogens is 341 g/mol. The van der Waals surface area contributed by atoms with E-state index < -0.39 is 18.5 Å². The van der Waals surface area contributed by atoms with Gasteiger partial charge in [-0.25, -0.2) is 4.98 Å². The zero-order valence-corrected chi connectivity index (χ0v) is 13.6. The Morgan fingerprint density at radius 3 is 2.92 bits per heavy atom. The topological polar surface area (TPSA) is 51.2 Å². The van der Waals surface area contributed by atoms with E-state index in [2.05, 4.69) is 10.3 Å². The third-order valence-corrected chi connectivity index (χ3v) is 4.77. The summed E-state index contributed by atoms with van der Waals surface area (Å²) in [4.78, 5) is 16.4. The number of nitrogens with one attached hydrogen (secondary N) is 1. The van der Waals surface area contributed by atoms with Gasteiger partial charge in [-0.3, -0.25) is 4.79 Å². The third-order valence-electron chi connectivity index (χ3n) is 3.61. The Morgan fingerprint density at radius 1 is 1.42 bits per heavy atom. The van der Waals surface area contributed by atoms with Crippen molar-refractivity contribution in [1.29, 1.82) is 0 Å². The molecule has 4 nitrogen and oxygen atoms in total. The van der Waals surface area contributed by atoms with Crippen LogP contribution in [0.25, 0.3) is 0 Å². The van der Waals surface area contributed by atoms with Crippen molar-refractivity contribution in [3.8, 4) is 5.75 Å². The first-order valence-electron chi connectivity index (χ1n) is 7.36. The second-order valence-corrected chi connectivity index (χ2v) is 6.69. The highest BCUT2D eigenvalue weighted by molar-refractivity contribution is 7.13. The Kier molecular flexibility index (Phi) is 4.49. The second kappa shape index (κ2) is 6.43. The van der Waals surface area contributed by atoms with Gasteiger partial charge in [0.25, 0.3) is 5.91 Å². The Hall–Kier alpha value is -2.09. The predicted octanol–water partition coefficient (Wildman–Crippen LogP) is 3.29. The molecule has 1 amide bonds. The number of aromatic nitrogens is 1. The summed E-state index contributed by atoms with van der Waals surface area (Å²) in [6.07, 6.45) is -4.83. The number of amides is 1. The Labute approximate surface area is 140 Å². The fourth-order valence-corrected chi connectivity index (χ4v) is 3.58. The number of thiazole rings is 1. The zero-order chi connectivity index (χ0) is 17.3. The van der Waals surface area contributed by atoms with E-state index in [1.165, 1.54) is 6.92 Å². The van der Waals surface area contributed by atoms with Crippen LogP contribution in [-0.2, 0) is 12.8 Å². The van der Waals surface area contributed by atoms with E-state index in [0.717, 1.165) is 22.6 Å². The maximum atomic E-state index is 12.4. The quantitative estimate of drug-likeness (QED) is 0.918. The maximum absolute atomic E-state index is 12.4. The minimum atomic E-state index is -4.33. The first-order valence-corrected chi connectivity index (χ1v) is 8.18. The molecule has 0 aliphatic carbocycles. The summed E-state index contributed by atoms with van der Waals surface area (Å²) >= 11 is 0.785. The molecule has 1 aliphatic heterocycles. The highest BCUT2D eigenvalue weighted by atomic mass is 32.1. The minimum Gasteiger partial charge on any atom is -0.491 e. The van der Waals surface area contributed by atoms with Gasteiger partial charge in [-0.1, -0.05) is 18.2 Å². The molecule has 0 radical (unpaired) electrons. The molecule has 1 N–H and O–H groups in total. The SMILES string of the molecule is Cc1nc(CC(F)(F)F)sc1C(=O)NC1COc2ccccc2C1. The summed E-state index contributed by atoms with van der Waals surface area (Å²) in [6, 6.07) is 7.33. The van der Waals surface area contributed by atoms with E-state index in [9.17, 15) is 18.0 Å². The van der Waals surface area contributed by atoms with Gasteiger partial charge in [0, 0.05) is 0 Å². The van der Waals surface area contributed by atoms with Crippen LogP contribution in [0.4, 0.5) is 13.2 Å². The Bertz CT molecular complexity index is 758. The van der Waals surface area contributed by atoms with Crippen LogP contribution < -0.4 is 10.1 Å². The molecule has 1 unspecified atom stereocenters. The lowest BCUT2D eigenvalue weighted by Gasteiger charge is -2.25. The molecule has 0 spiro atoms. The summed E-state index contributed by atoms with van der Waals surface area (Å²) in [7, 11) is 0. The van der Waals surface area contributed by atoms with Crippen LogP contribution in [0.3, 0.4) is 0 Å². The lowest BCUT2D eigenvalue weighted by Crippen LogP contribution is -2.42. The molecule has 0 fully saturated rings. The van der Waals surface area contributed by atoms with Gasteiger partial charge in [0.05, 0.1) is 18.2 Å². The molecule has 2 heterocycles. The number of fused-ring (bicyclic) bond motifs is 1. The van der Waals surface area contributed by atoms with Crippen molar-refractivity contribution < 1.29 is 22.7 Å². The van der Waals surface area contributed by atoms with E-state index in [1.807, 2.05) is 24.3 Å². The molecule has 8 heteroatoms. The number of para-hydroxylation sites is 1. The number of halogens is 3. The highest BCUT2D eigenvalue weighted by Crippen LogP contribution is 2.27. The van der Waals surface area contributed by atoms with Gasteiger partial charge in [0.15, 0.2) is 0 Å². The van der Waals surface area contributed by atoms with Crippen molar-refractivity contribution in [1.82, 2.24) is 10.3 Å². The summed E-state index contributed by atoms with van der Waals surface area (Å²) in [6.45, 7) is 1.87. The van der Waals surface area contributed by atoms with Crippen LogP contribution in [0.15, 0.2) is 24.3 Å². The van der Waals surface area contributed by atoms with E-state index in [-0.39, 0.29) is 15.9 Å². The molecule has 1 aromatic carbocycles.